The summed E-state index contributed by atoms with van der Waals surface area (Å²) in [6, 6.07) is 2.26. The molecule has 0 fully saturated rings. The average Bonchev–Trinajstić information content (AvgIpc) is 2.21. The van der Waals surface area contributed by atoms with Crippen LogP contribution in [0.1, 0.15) is 20.3 Å². The van der Waals surface area contributed by atoms with Crippen molar-refractivity contribution in [2.24, 2.45) is 11.7 Å². The fourth-order valence-corrected chi connectivity index (χ4v) is 1.43. The highest BCUT2D eigenvalue weighted by atomic mass is 19.1. The molecular weight excluding hydrogens is 226 g/mol. The molecule has 1 aromatic carbocycles. The number of carbonyl (C=O) groups excluding carboxylic acids is 1. The molecule has 0 aliphatic rings. The zero-order chi connectivity index (χ0) is 13.0. The van der Waals surface area contributed by atoms with E-state index in [0.717, 1.165) is 6.07 Å². The SMILES string of the molecule is CC(C)C[C@H](N)C(=O)Nc1ccc(F)cc1F. The number of hydrogen-bond donors (Lipinski definition) is 2. The molecule has 0 unspecified atom stereocenters. The molecule has 5 heteroatoms. The van der Waals surface area contributed by atoms with Crippen molar-refractivity contribution in [3.05, 3.63) is 29.8 Å². The van der Waals surface area contributed by atoms with Crippen LogP contribution in [-0.2, 0) is 4.79 Å². The summed E-state index contributed by atoms with van der Waals surface area (Å²) in [6.45, 7) is 3.87. The van der Waals surface area contributed by atoms with Gasteiger partial charge in [0.05, 0.1) is 11.7 Å². The summed E-state index contributed by atoms with van der Waals surface area (Å²) in [5, 5.41) is 2.34. The van der Waals surface area contributed by atoms with Gasteiger partial charge in [0.1, 0.15) is 11.6 Å². The minimum atomic E-state index is -0.810. The van der Waals surface area contributed by atoms with Crippen LogP contribution in [0.4, 0.5) is 14.5 Å². The monoisotopic (exact) mass is 242 g/mol. The van der Waals surface area contributed by atoms with Crippen LogP contribution in [0.2, 0.25) is 0 Å². The quantitative estimate of drug-likeness (QED) is 0.851. The molecule has 0 saturated carbocycles. The smallest absolute Gasteiger partial charge is 0.241 e. The minimum absolute atomic E-state index is 0.0596. The summed E-state index contributed by atoms with van der Waals surface area (Å²) < 4.78 is 25.9. The Hall–Kier alpha value is -1.49. The first-order chi connectivity index (χ1) is 7.90. The number of nitrogens with two attached hydrogens (primary N) is 1. The topological polar surface area (TPSA) is 55.1 Å². The molecule has 3 nitrogen and oxygen atoms in total. The van der Waals surface area contributed by atoms with E-state index < -0.39 is 23.6 Å². The molecule has 1 aromatic rings. The van der Waals surface area contributed by atoms with Gasteiger partial charge >= 0.3 is 0 Å². The van der Waals surface area contributed by atoms with Crippen molar-refractivity contribution in [1.82, 2.24) is 0 Å². The van der Waals surface area contributed by atoms with Gasteiger partial charge in [-0.25, -0.2) is 8.78 Å². The number of amides is 1. The van der Waals surface area contributed by atoms with Gasteiger partial charge in [-0.15, -0.1) is 0 Å². The lowest BCUT2D eigenvalue weighted by molar-refractivity contribution is -0.117. The van der Waals surface area contributed by atoms with E-state index in [2.05, 4.69) is 5.32 Å². The van der Waals surface area contributed by atoms with Crippen molar-refractivity contribution in [3.8, 4) is 0 Å². The van der Waals surface area contributed by atoms with Gasteiger partial charge in [-0.1, -0.05) is 13.8 Å². The van der Waals surface area contributed by atoms with E-state index in [1.54, 1.807) is 0 Å². The van der Waals surface area contributed by atoms with Crippen LogP contribution in [0.3, 0.4) is 0 Å². The predicted octanol–water partition coefficient (Wildman–Crippen LogP) is 2.28. The first-order valence-electron chi connectivity index (χ1n) is 5.41. The molecule has 1 atom stereocenters. The van der Waals surface area contributed by atoms with Crippen molar-refractivity contribution in [3.63, 3.8) is 0 Å². The Bertz CT molecular complexity index is 407. The first kappa shape index (κ1) is 13.6. The first-order valence-corrected chi connectivity index (χ1v) is 5.41. The molecule has 0 aromatic heterocycles. The van der Waals surface area contributed by atoms with Gasteiger partial charge in [0.15, 0.2) is 0 Å². The summed E-state index contributed by atoms with van der Waals surface area (Å²) in [5.41, 5.74) is 5.58. The van der Waals surface area contributed by atoms with Crippen molar-refractivity contribution >= 4 is 11.6 Å². The number of nitrogens with one attached hydrogen (secondary N) is 1. The predicted molar refractivity (Wildman–Crippen MR) is 62.4 cm³/mol. The molecule has 1 amide bonds. The lowest BCUT2D eigenvalue weighted by Gasteiger charge is -2.14. The van der Waals surface area contributed by atoms with E-state index in [0.29, 0.717) is 12.5 Å². The van der Waals surface area contributed by atoms with Crippen LogP contribution in [0.15, 0.2) is 18.2 Å². The third-order valence-electron chi connectivity index (χ3n) is 2.25. The molecule has 0 aliphatic carbocycles. The van der Waals surface area contributed by atoms with Crippen molar-refractivity contribution in [2.45, 2.75) is 26.3 Å². The highest BCUT2D eigenvalue weighted by Crippen LogP contribution is 2.15. The number of hydrogen-bond acceptors (Lipinski definition) is 2. The number of halogens is 2. The number of rotatable bonds is 4. The van der Waals surface area contributed by atoms with Crippen LogP contribution in [-0.4, -0.2) is 11.9 Å². The molecule has 0 bridgehead atoms. The van der Waals surface area contributed by atoms with Crippen LogP contribution in [0.25, 0.3) is 0 Å². The van der Waals surface area contributed by atoms with Crippen LogP contribution < -0.4 is 11.1 Å². The van der Waals surface area contributed by atoms with E-state index in [4.69, 9.17) is 5.73 Å². The normalized spacial score (nSPS) is 12.6. The van der Waals surface area contributed by atoms with E-state index in [1.165, 1.54) is 6.07 Å². The summed E-state index contributed by atoms with van der Waals surface area (Å²) >= 11 is 0. The molecule has 0 aliphatic heterocycles. The summed E-state index contributed by atoms with van der Waals surface area (Å²) in [6.07, 6.45) is 0.509. The Kier molecular flexibility index (Phi) is 4.57. The third kappa shape index (κ3) is 4.11. The second-order valence-electron chi connectivity index (χ2n) is 4.35. The highest BCUT2D eigenvalue weighted by molar-refractivity contribution is 5.94. The molecule has 0 spiro atoms. The van der Waals surface area contributed by atoms with Gasteiger partial charge in [0.2, 0.25) is 5.91 Å². The number of carbonyl (C=O) groups is 1. The van der Waals surface area contributed by atoms with E-state index in [1.807, 2.05) is 13.8 Å². The summed E-state index contributed by atoms with van der Waals surface area (Å²) in [5.74, 6) is -1.69. The lowest BCUT2D eigenvalue weighted by Crippen LogP contribution is -2.36. The second kappa shape index (κ2) is 5.72. The highest BCUT2D eigenvalue weighted by Gasteiger charge is 2.16. The standard InChI is InChI=1S/C12H16F2N2O/c1-7(2)5-10(15)12(17)16-11-4-3-8(13)6-9(11)14/h3-4,6-7,10H,5,15H2,1-2H3,(H,16,17)/t10-/m0/s1. The van der Waals surface area contributed by atoms with Crippen LogP contribution in [0, 0.1) is 17.6 Å². The van der Waals surface area contributed by atoms with E-state index in [-0.39, 0.29) is 11.6 Å². The Morgan fingerprint density at radius 1 is 1.41 bits per heavy atom. The molecular formula is C12H16F2N2O. The Morgan fingerprint density at radius 3 is 2.59 bits per heavy atom. The average molecular weight is 242 g/mol. The molecule has 3 N–H and O–H groups in total. The van der Waals surface area contributed by atoms with Gasteiger partial charge in [-0.05, 0) is 24.5 Å². The van der Waals surface area contributed by atoms with Gasteiger partial charge < -0.3 is 11.1 Å². The Balaban J connectivity index is 2.67. The number of anilines is 1. The molecule has 0 radical (unpaired) electrons. The second-order valence-corrected chi connectivity index (χ2v) is 4.35. The van der Waals surface area contributed by atoms with Crippen LogP contribution in [0.5, 0.6) is 0 Å². The van der Waals surface area contributed by atoms with Crippen molar-refractivity contribution in [2.75, 3.05) is 5.32 Å². The van der Waals surface area contributed by atoms with E-state index in [9.17, 15) is 13.6 Å². The Labute approximate surface area is 99.0 Å². The fourth-order valence-electron chi connectivity index (χ4n) is 1.43. The summed E-state index contributed by atoms with van der Waals surface area (Å²) in [4.78, 5) is 11.6. The maximum Gasteiger partial charge on any atom is 0.241 e. The maximum atomic E-state index is 13.2. The lowest BCUT2D eigenvalue weighted by atomic mass is 10.0. The molecule has 1 rings (SSSR count). The molecule has 17 heavy (non-hydrogen) atoms. The van der Waals surface area contributed by atoms with Gasteiger partial charge in [-0.2, -0.15) is 0 Å². The van der Waals surface area contributed by atoms with Crippen LogP contribution >= 0.6 is 0 Å². The zero-order valence-electron chi connectivity index (χ0n) is 9.84. The maximum absolute atomic E-state index is 13.2. The van der Waals surface area contributed by atoms with Crippen molar-refractivity contribution in [1.29, 1.82) is 0 Å². The van der Waals surface area contributed by atoms with Gasteiger partial charge in [-0.3, -0.25) is 4.79 Å². The largest absolute Gasteiger partial charge is 0.322 e. The molecule has 94 valence electrons. The van der Waals surface area contributed by atoms with Crippen molar-refractivity contribution < 1.29 is 13.6 Å². The zero-order valence-corrected chi connectivity index (χ0v) is 9.84. The van der Waals surface area contributed by atoms with E-state index >= 15 is 0 Å². The fraction of sp³-hybridized carbons (Fsp3) is 0.417. The third-order valence-corrected chi connectivity index (χ3v) is 2.25. The molecule has 0 heterocycles. The summed E-state index contributed by atoms with van der Waals surface area (Å²) in [7, 11) is 0. The number of benzene rings is 1. The molecule has 0 saturated heterocycles. The van der Waals surface area contributed by atoms with Gasteiger partial charge in [0.25, 0.3) is 0 Å². The van der Waals surface area contributed by atoms with Gasteiger partial charge in [0, 0.05) is 6.07 Å². The minimum Gasteiger partial charge on any atom is -0.322 e. The Morgan fingerprint density at radius 2 is 2.06 bits per heavy atom.